The Morgan fingerprint density at radius 1 is 1.12 bits per heavy atom. The Kier molecular flexibility index (Phi) is 4.81. The molecule has 2 aromatic carbocycles. The van der Waals surface area contributed by atoms with Crippen LogP contribution in [0.25, 0.3) is 10.1 Å². The zero-order valence-corrected chi connectivity index (χ0v) is 14.6. The predicted octanol–water partition coefficient (Wildman–Crippen LogP) is 4.45. The van der Waals surface area contributed by atoms with Gasteiger partial charge in [0.15, 0.2) is 6.61 Å². The first-order valence-corrected chi connectivity index (χ1v) is 8.47. The van der Waals surface area contributed by atoms with Gasteiger partial charge in [0, 0.05) is 10.4 Å². The highest BCUT2D eigenvalue weighted by Gasteiger charge is 2.14. The molecule has 3 aromatic rings. The lowest BCUT2D eigenvalue weighted by molar-refractivity contribution is -0.119. The van der Waals surface area contributed by atoms with Gasteiger partial charge in [-0.1, -0.05) is 12.1 Å². The Morgan fingerprint density at radius 3 is 2.72 bits per heavy atom. The first-order valence-electron chi connectivity index (χ1n) is 7.66. The number of benzene rings is 2. The number of ether oxygens (including phenoxy) is 1. The molecule has 0 bridgehead atoms. The number of anilines is 1. The normalized spacial score (nSPS) is 10.7. The molecule has 0 atom stereocenters. The highest BCUT2D eigenvalue weighted by atomic mass is 32.1. The molecule has 0 aliphatic rings. The van der Waals surface area contributed by atoms with Crippen LogP contribution in [0.2, 0.25) is 0 Å². The SMILES string of the molecule is Cc1ccc(C)c(NC(=O)COC(=O)c2cc3cc(F)ccc3s2)c1. The van der Waals surface area contributed by atoms with Gasteiger partial charge in [0.2, 0.25) is 0 Å². The van der Waals surface area contributed by atoms with Gasteiger partial charge in [-0.05, 0) is 60.7 Å². The van der Waals surface area contributed by atoms with Crippen molar-refractivity contribution in [3.8, 4) is 0 Å². The minimum atomic E-state index is -0.599. The second kappa shape index (κ2) is 7.03. The average molecular weight is 357 g/mol. The molecule has 0 aliphatic heterocycles. The zero-order valence-electron chi connectivity index (χ0n) is 13.8. The highest BCUT2D eigenvalue weighted by molar-refractivity contribution is 7.20. The quantitative estimate of drug-likeness (QED) is 0.702. The molecule has 1 amide bonds. The standard InChI is InChI=1S/C19H16FNO3S/c1-11-3-4-12(2)15(7-11)21-18(22)10-24-19(23)17-9-13-8-14(20)5-6-16(13)25-17/h3-9H,10H2,1-2H3,(H,21,22). The van der Waals surface area contributed by atoms with Crippen molar-refractivity contribution in [2.75, 3.05) is 11.9 Å². The number of carbonyl (C=O) groups excluding carboxylic acids is 2. The molecule has 1 aromatic heterocycles. The van der Waals surface area contributed by atoms with Gasteiger partial charge in [-0.2, -0.15) is 0 Å². The fraction of sp³-hybridized carbons (Fsp3) is 0.158. The van der Waals surface area contributed by atoms with Gasteiger partial charge in [0.25, 0.3) is 5.91 Å². The molecular formula is C19H16FNO3S. The number of esters is 1. The lowest BCUT2D eigenvalue weighted by Gasteiger charge is -2.09. The first kappa shape index (κ1) is 17.1. The van der Waals surface area contributed by atoms with Gasteiger partial charge >= 0.3 is 5.97 Å². The van der Waals surface area contributed by atoms with Gasteiger partial charge in [-0.15, -0.1) is 11.3 Å². The minimum Gasteiger partial charge on any atom is -0.451 e. The van der Waals surface area contributed by atoms with Crippen LogP contribution in [0.5, 0.6) is 0 Å². The molecule has 0 saturated heterocycles. The van der Waals surface area contributed by atoms with E-state index in [4.69, 9.17) is 4.74 Å². The molecule has 3 rings (SSSR count). The summed E-state index contributed by atoms with van der Waals surface area (Å²) in [4.78, 5) is 24.4. The fourth-order valence-corrected chi connectivity index (χ4v) is 3.31. The van der Waals surface area contributed by atoms with Crippen molar-refractivity contribution in [2.24, 2.45) is 0 Å². The number of hydrogen-bond donors (Lipinski definition) is 1. The number of halogens is 1. The third kappa shape index (κ3) is 4.03. The molecule has 0 fully saturated rings. The average Bonchev–Trinajstić information content (AvgIpc) is 2.99. The maximum Gasteiger partial charge on any atom is 0.348 e. The monoisotopic (exact) mass is 357 g/mol. The molecule has 0 spiro atoms. The topological polar surface area (TPSA) is 55.4 Å². The lowest BCUT2D eigenvalue weighted by atomic mass is 10.1. The Labute approximate surface area is 148 Å². The van der Waals surface area contributed by atoms with E-state index in [1.165, 1.54) is 23.5 Å². The third-order valence-electron chi connectivity index (χ3n) is 3.68. The Bertz CT molecular complexity index is 964. The molecule has 25 heavy (non-hydrogen) atoms. The van der Waals surface area contributed by atoms with Crippen molar-refractivity contribution in [1.82, 2.24) is 0 Å². The number of thiophene rings is 1. The number of hydrogen-bond acceptors (Lipinski definition) is 4. The van der Waals surface area contributed by atoms with E-state index >= 15 is 0 Å². The van der Waals surface area contributed by atoms with E-state index in [0.717, 1.165) is 15.8 Å². The Morgan fingerprint density at radius 2 is 1.92 bits per heavy atom. The fourth-order valence-electron chi connectivity index (χ4n) is 2.37. The number of fused-ring (bicyclic) bond motifs is 1. The third-order valence-corrected chi connectivity index (χ3v) is 4.78. The van der Waals surface area contributed by atoms with Crippen molar-refractivity contribution in [3.05, 3.63) is 64.3 Å². The van der Waals surface area contributed by atoms with E-state index in [9.17, 15) is 14.0 Å². The molecule has 1 heterocycles. The predicted molar refractivity (Wildman–Crippen MR) is 96.6 cm³/mol. The van der Waals surface area contributed by atoms with Gasteiger partial charge < -0.3 is 10.1 Å². The van der Waals surface area contributed by atoms with Crippen molar-refractivity contribution < 1.29 is 18.7 Å². The maximum atomic E-state index is 13.2. The van der Waals surface area contributed by atoms with E-state index < -0.39 is 11.9 Å². The van der Waals surface area contributed by atoms with Crippen LogP contribution >= 0.6 is 11.3 Å². The molecule has 0 unspecified atom stereocenters. The first-order chi connectivity index (χ1) is 11.9. The second-order valence-corrected chi connectivity index (χ2v) is 6.82. The van der Waals surface area contributed by atoms with Crippen LogP contribution in [0.3, 0.4) is 0 Å². The number of nitrogens with one attached hydrogen (secondary N) is 1. The van der Waals surface area contributed by atoms with Gasteiger partial charge in [0.05, 0.1) is 0 Å². The van der Waals surface area contributed by atoms with Crippen LogP contribution in [0.4, 0.5) is 10.1 Å². The number of amides is 1. The molecule has 0 radical (unpaired) electrons. The number of rotatable bonds is 4. The summed E-state index contributed by atoms with van der Waals surface area (Å²) in [6.07, 6.45) is 0. The minimum absolute atomic E-state index is 0.333. The molecule has 128 valence electrons. The zero-order chi connectivity index (χ0) is 18.0. The lowest BCUT2D eigenvalue weighted by Crippen LogP contribution is -2.21. The van der Waals surface area contributed by atoms with E-state index in [1.54, 1.807) is 12.1 Å². The van der Waals surface area contributed by atoms with Gasteiger partial charge in [-0.25, -0.2) is 9.18 Å². The van der Waals surface area contributed by atoms with E-state index in [1.807, 2.05) is 32.0 Å². The molecule has 0 saturated carbocycles. The second-order valence-electron chi connectivity index (χ2n) is 5.74. The Balaban J connectivity index is 1.62. The summed E-state index contributed by atoms with van der Waals surface area (Å²) in [5.41, 5.74) is 2.64. The van der Waals surface area contributed by atoms with Crippen LogP contribution in [0, 0.1) is 19.7 Å². The summed E-state index contributed by atoms with van der Waals surface area (Å²) in [7, 11) is 0. The van der Waals surface area contributed by atoms with E-state index in [0.29, 0.717) is 16.0 Å². The summed E-state index contributed by atoms with van der Waals surface area (Å²) >= 11 is 1.20. The molecule has 4 nitrogen and oxygen atoms in total. The van der Waals surface area contributed by atoms with Gasteiger partial charge in [0.1, 0.15) is 10.7 Å². The van der Waals surface area contributed by atoms with Crippen molar-refractivity contribution in [1.29, 1.82) is 0 Å². The maximum absolute atomic E-state index is 13.2. The van der Waals surface area contributed by atoms with Crippen LogP contribution in [0.15, 0.2) is 42.5 Å². The summed E-state index contributed by atoms with van der Waals surface area (Å²) in [5, 5.41) is 3.37. The smallest absolute Gasteiger partial charge is 0.348 e. The largest absolute Gasteiger partial charge is 0.451 e. The number of carbonyl (C=O) groups is 2. The van der Waals surface area contributed by atoms with Crippen LogP contribution in [0.1, 0.15) is 20.8 Å². The summed E-state index contributed by atoms with van der Waals surface area (Å²) < 4.78 is 19.0. The van der Waals surface area contributed by atoms with Crippen molar-refractivity contribution in [3.63, 3.8) is 0 Å². The number of aryl methyl sites for hydroxylation is 2. The summed E-state index contributed by atoms with van der Waals surface area (Å²) in [5.74, 6) is -1.37. The summed E-state index contributed by atoms with van der Waals surface area (Å²) in [6, 6.07) is 11.6. The van der Waals surface area contributed by atoms with Crippen LogP contribution in [-0.2, 0) is 9.53 Å². The van der Waals surface area contributed by atoms with E-state index in [-0.39, 0.29) is 12.4 Å². The highest BCUT2D eigenvalue weighted by Crippen LogP contribution is 2.26. The van der Waals surface area contributed by atoms with Gasteiger partial charge in [-0.3, -0.25) is 4.79 Å². The van der Waals surface area contributed by atoms with E-state index in [2.05, 4.69) is 5.32 Å². The molecule has 6 heteroatoms. The molecule has 1 N–H and O–H groups in total. The molecule has 0 aliphatic carbocycles. The van der Waals surface area contributed by atoms with Crippen molar-refractivity contribution >= 4 is 39.0 Å². The summed E-state index contributed by atoms with van der Waals surface area (Å²) in [6.45, 7) is 3.44. The molecular weight excluding hydrogens is 341 g/mol. The Hall–Kier alpha value is -2.73. The van der Waals surface area contributed by atoms with Crippen LogP contribution in [-0.4, -0.2) is 18.5 Å². The van der Waals surface area contributed by atoms with Crippen molar-refractivity contribution in [2.45, 2.75) is 13.8 Å². The van der Waals surface area contributed by atoms with Crippen LogP contribution < -0.4 is 5.32 Å².